The maximum Gasteiger partial charge on any atom is 0.0436 e. The van der Waals surface area contributed by atoms with Crippen molar-refractivity contribution in [1.82, 2.24) is 5.01 Å². The summed E-state index contributed by atoms with van der Waals surface area (Å²) in [6.45, 7) is 4.47. The van der Waals surface area contributed by atoms with Crippen LogP contribution in [0.3, 0.4) is 0 Å². The van der Waals surface area contributed by atoms with Crippen molar-refractivity contribution >= 4 is 0 Å². The highest BCUT2D eigenvalue weighted by Gasteiger charge is 2.32. The zero-order valence-electron chi connectivity index (χ0n) is 8.63. The Morgan fingerprint density at radius 1 is 1.46 bits per heavy atom. The van der Waals surface area contributed by atoms with Crippen LogP contribution < -0.4 is 5.84 Å². The lowest BCUT2D eigenvalue weighted by atomic mass is 9.74. The molecular weight excluding hydrogens is 164 g/mol. The molecule has 0 aromatic carbocycles. The van der Waals surface area contributed by atoms with E-state index in [4.69, 9.17) is 10.9 Å². The smallest absolute Gasteiger partial charge is 0.0436 e. The van der Waals surface area contributed by atoms with E-state index < -0.39 is 0 Å². The van der Waals surface area contributed by atoms with Crippen LogP contribution in [0.15, 0.2) is 0 Å². The number of hydrogen-bond donors (Lipinski definition) is 2. The van der Waals surface area contributed by atoms with Crippen LogP contribution in [-0.4, -0.2) is 29.8 Å². The minimum Gasteiger partial charge on any atom is -0.396 e. The van der Waals surface area contributed by atoms with E-state index in [2.05, 4.69) is 6.92 Å². The molecule has 1 unspecified atom stereocenters. The maximum atomic E-state index is 9.04. The molecule has 0 saturated carbocycles. The summed E-state index contributed by atoms with van der Waals surface area (Å²) in [5.74, 6) is 5.82. The van der Waals surface area contributed by atoms with Crippen LogP contribution >= 0.6 is 0 Å². The lowest BCUT2D eigenvalue weighted by molar-refractivity contribution is 0.0544. The molecule has 3 nitrogen and oxygen atoms in total. The highest BCUT2D eigenvalue weighted by Crippen LogP contribution is 2.36. The fourth-order valence-electron chi connectivity index (χ4n) is 2.55. The highest BCUT2D eigenvalue weighted by molar-refractivity contribution is 4.85. The molecule has 1 rings (SSSR count). The Morgan fingerprint density at radius 2 is 2.23 bits per heavy atom. The van der Waals surface area contributed by atoms with Gasteiger partial charge >= 0.3 is 0 Å². The van der Waals surface area contributed by atoms with Crippen molar-refractivity contribution in [3.05, 3.63) is 0 Å². The van der Waals surface area contributed by atoms with Gasteiger partial charge in [0.1, 0.15) is 0 Å². The maximum absolute atomic E-state index is 9.04. The summed E-state index contributed by atoms with van der Waals surface area (Å²) in [5, 5.41) is 10.9. The molecule has 1 aliphatic rings. The molecule has 78 valence electrons. The number of nitrogens with two attached hydrogens (primary N) is 1. The first kappa shape index (κ1) is 11.0. The minimum atomic E-state index is 0.299. The third kappa shape index (κ3) is 2.93. The molecule has 0 aromatic heterocycles. The molecule has 0 aliphatic carbocycles. The number of nitrogens with zero attached hydrogens (tertiary/aromatic N) is 1. The van der Waals surface area contributed by atoms with Gasteiger partial charge in [-0.1, -0.05) is 13.3 Å². The highest BCUT2D eigenvalue weighted by atomic mass is 16.3. The van der Waals surface area contributed by atoms with Gasteiger partial charge in [0.2, 0.25) is 0 Å². The van der Waals surface area contributed by atoms with Gasteiger partial charge in [0.25, 0.3) is 0 Å². The molecule has 1 atom stereocenters. The average molecular weight is 186 g/mol. The van der Waals surface area contributed by atoms with Crippen LogP contribution in [0, 0.1) is 5.41 Å². The van der Waals surface area contributed by atoms with Crippen LogP contribution in [0.5, 0.6) is 0 Å². The van der Waals surface area contributed by atoms with Gasteiger partial charge in [0.05, 0.1) is 0 Å². The van der Waals surface area contributed by atoms with E-state index in [1.54, 1.807) is 0 Å². The summed E-state index contributed by atoms with van der Waals surface area (Å²) in [5.41, 5.74) is 0.302. The predicted octanol–water partition coefficient (Wildman–Crippen LogP) is 1.12. The van der Waals surface area contributed by atoms with E-state index in [1.807, 2.05) is 5.01 Å². The number of hydrogen-bond acceptors (Lipinski definition) is 3. The number of piperidine rings is 1. The second-order valence-electron chi connectivity index (χ2n) is 4.30. The van der Waals surface area contributed by atoms with Crippen molar-refractivity contribution in [3.63, 3.8) is 0 Å². The number of aliphatic hydroxyl groups excluding tert-OH is 1. The summed E-state index contributed by atoms with van der Waals surface area (Å²) in [6, 6.07) is 0. The van der Waals surface area contributed by atoms with Gasteiger partial charge in [0, 0.05) is 19.7 Å². The van der Waals surface area contributed by atoms with E-state index in [1.165, 1.54) is 25.7 Å². The third-order valence-corrected chi connectivity index (χ3v) is 3.11. The zero-order chi connectivity index (χ0) is 9.73. The van der Waals surface area contributed by atoms with Gasteiger partial charge in [-0.15, -0.1) is 0 Å². The van der Waals surface area contributed by atoms with Gasteiger partial charge in [0.15, 0.2) is 0 Å². The molecule has 0 aromatic rings. The molecule has 13 heavy (non-hydrogen) atoms. The lowest BCUT2D eigenvalue weighted by Gasteiger charge is -2.41. The Hall–Kier alpha value is -0.120. The molecule has 0 spiro atoms. The molecule has 1 saturated heterocycles. The first-order valence-electron chi connectivity index (χ1n) is 5.33. The average Bonchev–Trinajstić information content (AvgIpc) is 2.04. The van der Waals surface area contributed by atoms with E-state index in [-0.39, 0.29) is 0 Å². The summed E-state index contributed by atoms with van der Waals surface area (Å²) in [4.78, 5) is 0. The third-order valence-electron chi connectivity index (χ3n) is 3.11. The van der Waals surface area contributed by atoms with Crippen LogP contribution in [0.25, 0.3) is 0 Å². The summed E-state index contributed by atoms with van der Waals surface area (Å²) in [6.07, 6.45) is 5.70. The van der Waals surface area contributed by atoms with Gasteiger partial charge in [-0.05, 0) is 31.1 Å². The van der Waals surface area contributed by atoms with Crippen molar-refractivity contribution in [3.8, 4) is 0 Å². The Kier molecular flexibility index (Phi) is 4.16. The molecule has 3 N–H and O–H groups in total. The largest absolute Gasteiger partial charge is 0.396 e. The standard InChI is InChI=1S/C10H22N2O/c1-2-4-10(6-8-13)5-3-7-12(11)9-10/h13H,2-9,11H2,1H3. The molecule has 1 aliphatic heterocycles. The number of hydrazine groups is 1. The van der Waals surface area contributed by atoms with Crippen molar-refractivity contribution in [2.75, 3.05) is 19.7 Å². The van der Waals surface area contributed by atoms with Crippen molar-refractivity contribution in [2.24, 2.45) is 11.3 Å². The molecule has 1 fully saturated rings. The van der Waals surface area contributed by atoms with E-state index in [0.717, 1.165) is 19.5 Å². The van der Waals surface area contributed by atoms with E-state index >= 15 is 0 Å². The van der Waals surface area contributed by atoms with Crippen LogP contribution in [0.2, 0.25) is 0 Å². The molecule has 0 amide bonds. The number of rotatable bonds is 4. The number of aliphatic hydroxyl groups is 1. The molecule has 0 radical (unpaired) electrons. The lowest BCUT2D eigenvalue weighted by Crippen LogP contribution is -2.47. The van der Waals surface area contributed by atoms with Crippen LogP contribution in [0.4, 0.5) is 0 Å². The Balaban J connectivity index is 2.53. The van der Waals surface area contributed by atoms with Gasteiger partial charge in [-0.25, -0.2) is 5.01 Å². The van der Waals surface area contributed by atoms with Gasteiger partial charge in [-0.3, -0.25) is 5.84 Å². The van der Waals surface area contributed by atoms with E-state index in [0.29, 0.717) is 12.0 Å². The van der Waals surface area contributed by atoms with Gasteiger partial charge < -0.3 is 5.11 Å². The summed E-state index contributed by atoms with van der Waals surface area (Å²) < 4.78 is 0. The summed E-state index contributed by atoms with van der Waals surface area (Å²) in [7, 11) is 0. The first-order valence-corrected chi connectivity index (χ1v) is 5.33. The predicted molar refractivity (Wildman–Crippen MR) is 54.0 cm³/mol. The Morgan fingerprint density at radius 3 is 2.77 bits per heavy atom. The Labute approximate surface area is 80.9 Å². The normalized spacial score (nSPS) is 30.7. The van der Waals surface area contributed by atoms with E-state index in [9.17, 15) is 0 Å². The zero-order valence-corrected chi connectivity index (χ0v) is 8.63. The summed E-state index contributed by atoms with van der Waals surface area (Å²) >= 11 is 0. The second kappa shape index (κ2) is 4.94. The minimum absolute atomic E-state index is 0.299. The fraction of sp³-hybridized carbons (Fsp3) is 1.00. The Bertz CT molecular complexity index is 138. The molecular formula is C10H22N2O. The van der Waals surface area contributed by atoms with Crippen LogP contribution in [0.1, 0.15) is 39.0 Å². The topological polar surface area (TPSA) is 49.5 Å². The fourth-order valence-corrected chi connectivity index (χ4v) is 2.55. The van der Waals surface area contributed by atoms with Crippen molar-refractivity contribution in [2.45, 2.75) is 39.0 Å². The molecule has 1 heterocycles. The molecule has 0 bridgehead atoms. The monoisotopic (exact) mass is 186 g/mol. The van der Waals surface area contributed by atoms with Crippen LogP contribution in [-0.2, 0) is 0 Å². The van der Waals surface area contributed by atoms with Crippen molar-refractivity contribution in [1.29, 1.82) is 0 Å². The second-order valence-corrected chi connectivity index (χ2v) is 4.30. The molecule has 3 heteroatoms. The van der Waals surface area contributed by atoms with Crippen molar-refractivity contribution < 1.29 is 5.11 Å². The SMILES string of the molecule is CCCC1(CCO)CCCN(N)C1. The first-order chi connectivity index (χ1) is 6.22. The van der Waals surface area contributed by atoms with Gasteiger partial charge in [-0.2, -0.15) is 0 Å². The quantitative estimate of drug-likeness (QED) is 0.647.